The number of carbonyl (C=O) groups excluding carboxylic acids is 1. The zero-order chi connectivity index (χ0) is 12.1. The monoisotopic (exact) mass is 253 g/mol. The van der Waals surface area contributed by atoms with Crippen molar-refractivity contribution in [2.45, 2.75) is 25.4 Å². The molecule has 0 spiro atoms. The summed E-state index contributed by atoms with van der Waals surface area (Å²) in [6.45, 7) is 1.41. The zero-order valence-corrected chi connectivity index (χ0v) is 10.4. The Labute approximate surface area is 106 Å². The molecule has 92 valence electrons. The molecule has 1 atom stereocenters. The third-order valence-corrected chi connectivity index (χ3v) is 3.23. The van der Waals surface area contributed by atoms with Crippen LogP contribution in [0.5, 0.6) is 0 Å². The van der Waals surface area contributed by atoms with Gasteiger partial charge in [-0.3, -0.25) is 4.79 Å². The van der Waals surface area contributed by atoms with Crippen molar-refractivity contribution in [2.24, 2.45) is 0 Å². The molecule has 0 aromatic heterocycles. The Hall–Kier alpha value is -1.06. The molecule has 2 rings (SSSR count). The van der Waals surface area contributed by atoms with Crippen LogP contribution in [-0.2, 0) is 16.0 Å². The Kier molecular flexibility index (Phi) is 4.40. The van der Waals surface area contributed by atoms with Crippen molar-refractivity contribution in [3.63, 3.8) is 0 Å². The van der Waals surface area contributed by atoms with Gasteiger partial charge in [-0.05, 0) is 24.5 Å². The van der Waals surface area contributed by atoms with Crippen LogP contribution in [0.1, 0.15) is 18.4 Å². The van der Waals surface area contributed by atoms with E-state index in [1.165, 1.54) is 0 Å². The highest BCUT2D eigenvalue weighted by Crippen LogP contribution is 2.15. The first kappa shape index (κ1) is 12.4. The summed E-state index contributed by atoms with van der Waals surface area (Å²) < 4.78 is 5.44. The van der Waals surface area contributed by atoms with E-state index in [9.17, 15) is 4.79 Å². The number of hydrogen-bond acceptors (Lipinski definition) is 2. The molecule has 0 aliphatic carbocycles. The molecule has 1 aliphatic rings. The minimum atomic E-state index is -0.00593. The molecule has 1 saturated heterocycles. The fourth-order valence-corrected chi connectivity index (χ4v) is 2.11. The van der Waals surface area contributed by atoms with Crippen molar-refractivity contribution in [3.05, 3.63) is 34.9 Å². The smallest absolute Gasteiger partial charge is 0.224 e. The normalized spacial score (nSPS) is 19.2. The molecule has 0 bridgehead atoms. The summed E-state index contributed by atoms with van der Waals surface area (Å²) in [5.74, 6) is -0.00593. The summed E-state index contributed by atoms with van der Waals surface area (Å²) in [6, 6.07) is 7.41. The molecule has 1 fully saturated rings. The highest BCUT2D eigenvalue weighted by atomic mass is 35.5. The molecule has 0 radical (unpaired) electrons. The van der Waals surface area contributed by atoms with Gasteiger partial charge in [0.2, 0.25) is 5.91 Å². The van der Waals surface area contributed by atoms with Gasteiger partial charge in [-0.25, -0.2) is 0 Å². The van der Waals surface area contributed by atoms with Crippen LogP contribution in [-0.4, -0.2) is 25.2 Å². The standard InChI is InChI=1S/C13H16ClNO2/c14-12-6-2-1-4-10(12)8-13(16)15-9-11-5-3-7-17-11/h1-2,4,6,11H,3,5,7-9H2,(H,15,16)/t11-/m1/s1. The van der Waals surface area contributed by atoms with E-state index >= 15 is 0 Å². The van der Waals surface area contributed by atoms with Gasteiger partial charge in [-0.2, -0.15) is 0 Å². The van der Waals surface area contributed by atoms with E-state index in [-0.39, 0.29) is 12.0 Å². The number of ether oxygens (including phenoxy) is 1. The molecule has 4 heteroatoms. The van der Waals surface area contributed by atoms with Crippen LogP contribution in [0.15, 0.2) is 24.3 Å². The number of benzene rings is 1. The van der Waals surface area contributed by atoms with E-state index in [0.717, 1.165) is 25.0 Å². The largest absolute Gasteiger partial charge is 0.376 e. The molecule has 1 heterocycles. The predicted molar refractivity (Wildman–Crippen MR) is 67.1 cm³/mol. The maximum Gasteiger partial charge on any atom is 0.224 e. The van der Waals surface area contributed by atoms with Crippen LogP contribution in [0.25, 0.3) is 0 Å². The maximum absolute atomic E-state index is 11.7. The number of carbonyl (C=O) groups is 1. The first-order valence-corrected chi connectivity index (χ1v) is 6.25. The third-order valence-electron chi connectivity index (χ3n) is 2.86. The topological polar surface area (TPSA) is 38.3 Å². The highest BCUT2D eigenvalue weighted by Gasteiger charge is 2.16. The van der Waals surface area contributed by atoms with Gasteiger partial charge >= 0.3 is 0 Å². The average Bonchev–Trinajstić information content (AvgIpc) is 2.82. The van der Waals surface area contributed by atoms with Crippen molar-refractivity contribution in [1.29, 1.82) is 0 Å². The Morgan fingerprint density at radius 2 is 2.29 bits per heavy atom. The number of nitrogens with one attached hydrogen (secondary N) is 1. The lowest BCUT2D eigenvalue weighted by Gasteiger charge is -2.11. The van der Waals surface area contributed by atoms with Gasteiger partial charge < -0.3 is 10.1 Å². The van der Waals surface area contributed by atoms with Gasteiger partial charge in [0.15, 0.2) is 0 Å². The van der Waals surface area contributed by atoms with Crippen molar-refractivity contribution in [2.75, 3.05) is 13.2 Å². The first-order valence-electron chi connectivity index (χ1n) is 5.87. The first-order chi connectivity index (χ1) is 8.25. The number of hydrogen-bond donors (Lipinski definition) is 1. The molecule has 0 saturated carbocycles. The van der Waals surface area contributed by atoms with Gasteiger partial charge in [-0.15, -0.1) is 0 Å². The van der Waals surface area contributed by atoms with Crippen molar-refractivity contribution in [3.8, 4) is 0 Å². The van der Waals surface area contributed by atoms with E-state index < -0.39 is 0 Å². The zero-order valence-electron chi connectivity index (χ0n) is 9.62. The molecule has 0 unspecified atom stereocenters. The van der Waals surface area contributed by atoms with E-state index in [1.807, 2.05) is 18.2 Å². The lowest BCUT2D eigenvalue weighted by atomic mass is 10.1. The lowest BCUT2D eigenvalue weighted by Crippen LogP contribution is -2.32. The molecule has 3 nitrogen and oxygen atoms in total. The molecule has 1 N–H and O–H groups in total. The Balaban J connectivity index is 1.79. The van der Waals surface area contributed by atoms with Crippen LogP contribution < -0.4 is 5.32 Å². The molecule has 1 aromatic carbocycles. The summed E-state index contributed by atoms with van der Waals surface area (Å²) in [4.78, 5) is 11.7. The van der Waals surface area contributed by atoms with Crippen molar-refractivity contribution in [1.82, 2.24) is 5.32 Å². The van der Waals surface area contributed by atoms with Gasteiger partial charge in [-0.1, -0.05) is 29.8 Å². The second kappa shape index (κ2) is 6.03. The number of amides is 1. The van der Waals surface area contributed by atoms with Crippen LogP contribution in [0.3, 0.4) is 0 Å². The van der Waals surface area contributed by atoms with Gasteiger partial charge in [0.05, 0.1) is 12.5 Å². The van der Waals surface area contributed by atoms with Crippen LogP contribution in [0.4, 0.5) is 0 Å². The number of halogens is 1. The summed E-state index contributed by atoms with van der Waals surface area (Å²) in [7, 11) is 0. The SMILES string of the molecule is O=C(Cc1ccccc1Cl)NC[C@H]1CCCO1. The summed E-state index contributed by atoms with van der Waals surface area (Å²) in [5, 5.41) is 3.52. The summed E-state index contributed by atoms with van der Waals surface area (Å²) >= 11 is 5.99. The third kappa shape index (κ3) is 3.72. The molecule has 1 amide bonds. The van der Waals surface area contributed by atoms with Crippen molar-refractivity contribution >= 4 is 17.5 Å². The Bertz CT molecular complexity index is 389. The van der Waals surface area contributed by atoms with E-state index in [1.54, 1.807) is 6.07 Å². The van der Waals surface area contributed by atoms with E-state index in [4.69, 9.17) is 16.3 Å². The minimum absolute atomic E-state index is 0.00593. The van der Waals surface area contributed by atoms with Gasteiger partial charge in [0.25, 0.3) is 0 Å². The molecule has 17 heavy (non-hydrogen) atoms. The summed E-state index contributed by atoms with van der Waals surface area (Å²) in [6.07, 6.45) is 2.63. The Morgan fingerprint density at radius 1 is 1.47 bits per heavy atom. The van der Waals surface area contributed by atoms with Gasteiger partial charge in [0, 0.05) is 18.2 Å². The second-order valence-electron chi connectivity index (χ2n) is 4.21. The second-order valence-corrected chi connectivity index (χ2v) is 4.61. The van der Waals surface area contributed by atoms with Crippen LogP contribution in [0.2, 0.25) is 5.02 Å². The quantitative estimate of drug-likeness (QED) is 0.893. The summed E-state index contributed by atoms with van der Waals surface area (Å²) in [5.41, 5.74) is 0.860. The molecular weight excluding hydrogens is 238 g/mol. The van der Waals surface area contributed by atoms with Gasteiger partial charge in [0.1, 0.15) is 0 Å². The molecule has 1 aliphatic heterocycles. The van der Waals surface area contributed by atoms with Crippen LogP contribution >= 0.6 is 11.6 Å². The number of rotatable bonds is 4. The maximum atomic E-state index is 11.7. The average molecular weight is 254 g/mol. The van der Waals surface area contributed by atoms with Crippen molar-refractivity contribution < 1.29 is 9.53 Å². The highest BCUT2D eigenvalue weighted by molar-refractivity contribution is 6.31. The molecular formula is C13H16ClNO2. The van der Waals surface area contributed by atoms with Crippen LogP contribution in [0, 0.1) is 0 Å². The molecule has 1 aromatic rings. The fraction of sp³-hybridized carbons (Fsp3) is 0.462. The van der Waals surface area contributed by atoms with E-state index in [2.05, 4.69) is 5.32 Å². The minimum Gasteiger partial charge on any atom is -0.376 e. The Morgan fingerprint density at radius 3 is 3.00 bits per heavy atom. The lowest BCUT2D eigenvalue weighted by molar-refractivity contribution is -0.120. The predicted octanol–water partition coefficient (Wildman–Crippen LogP) is 2.18. The fourth-order valence-electron chi connectivity index (χ4n) is 1.91. The van der Waals surface area contributed by atoms with E-state index in [0.29, 0.717) is 18.0 Å².